The van der Waals surface area contributed by atoms with Crippen molar-refractivity contribution < 1.29 is 19.1 Å². The molecule has 2 amide bonds. The number of anilines is 1. The molecule has 31 heavy (non-hydrogen) atoms. The fourth-order valence-corrected chi connectivity index (χ4v) is 4.34. The first-order chi connectivity index (χ1) is 14.5. The number of nitrogens with one attached hydrogen (secondary N) is 1. The molecule has 0 bridgehead atoms. The first-order valence-electron chi connectivity index (χ1n) is 11.2. The summed E-state index contributed by atoms with van der Waals surface area (Å²) in [5.41, 5.74) is -0.650. The van der Waals surface area contributed by atoms with Gasteiger partial charge in [-0.1, -0.05) is 6.07 Å². The first kappa shape index (κ1) is 23.3. The number of ether oxygens (including phenoxy) is 2. The second-order valence-corrected chi connectivity index (χ2v) is 9.82. The van der Waals surface area contributed by atoms with Crippen molar-refractivity contribution in [2.45, 2.75) is 90.8 Å². The van der Waals surface area contributed by atoms with E-state index in [2.05, 4.69) is 15.2 Å². The van der Waals surface area contributed by atoms with Gasteiger partial charge >= 0.3 is 6.09 Å². The Morgan fingerprint density at radius 1 is 1.26 bits per heavy atom. The second kappa shape index (κ2) is 9.02. The highest BCUT2D eigenvalue weighted by Crippen LogP contribution is 2.34. The number of carbonyl (C=O) groups excluding carboxylic acids is 2. The number of nitrogens with zero attached hydrogens (tertiary/aromatic N) is 3. The molecule has 0 radical (unpaired) electrons. The molecule has 0 saturated carbocycles. The smallest absolute Gasteiger partial charge is 0.413 e. The molecular formula is C23H36N4O4. The lowest BCUT2D eigenvalue weighted by atomic mass is 10.1. The van der Waals surface area contributed by atoms with Gasteiger partial charge in [0.05, 0.1) is 6.10 Å². The fourth-order valence-electron chi connectivity index (χ4n) is 4.34. The van der Waals surface area contributed by atoms with E-state index in [9.17, 15) is 9.59 Å². The van der Waals surface area contributed by atoms with Crippen LogP contribution in [0.15, 0.2) is 18.3 Å². The molecule has 0 spiro atoms. The number of amides is 2. The largest absolute Gasteiger partial charge is 0.444 e. The van der Waals surface area contributed by atoms with Crippen molar-refractivity contribution in [3.63, 3.8) is 0 Å². The Bertz CT molecular complexity index is 799. The first-order valence-corrected chi connectivity index (χ1v) is 11.2. The SMILES string of the molecule is C[C@@H]1OC(C)(C)N(C(=O)OC(C)(C)C)[C@H]1C(=O)NCc1cccnc1N1CCCCC1. The molecule has 0 unspecified atom stereocenters. The van der Waals surface area contributed by atoms with Crippen LogP contribution in [0.2, 0.25) is 0 Å². The average Bonchev–Trinajstić information content (AvgIpc) is 2.94. The van der Waals surface area contributed by atoms with Crippen LogP contribution in [-0.2, 0) is 20.8 Å². The van der Waals surface area contributed by atoms with Crippen LogP contribution >= 0.6 is 0 Å². The molecule has 2 saturated heterocycles. The van der Waals surface area contributed by atoms with Gasteiger partial charge in [-0.3, -0.25) is 9.69 Å². The molecule has 2 aliphatic rings. The Balaban J connectivity index is 1.74. The van der Waals surface area contributed by atoms with Crippen LogP contribution in [0.3, 0.4) is 0 Å². The number of pyridine rings is 1. The number of aromatic nitrogens is 1. The molecule has 172 valence electrons. The normalized spacial score (nSPS) is 23.5. The standard InChI is InChI=1S/C23H36N4O4/c1-16-18(27(23(5,6)30-16)21(29)31-22(2,3)4)20(28)25-15-17-11-10-12-24-19(17)26-13-8-7-9-14-26/h10-12,16,18H,7-9,13-15H2,1-6H3,(H,25,28)/t16-,18+/m0/s1. The second-order valence-electron chi connectivity index (χ2n) is 9.82. The molecule has 8 nitrogen and oxygen atoms in total. The highest BCUT2D eigenvalue weighted by atomic mass is 16.6. The Hall–Kier alpha value is -2.35. The molecule has 0 aliphatic carbocycles. The minimum Gasteiger partial charge on any atom is -0.444 e. The van der Waals surface area contributed by atoms with Gasteiger partial charge in [0, 0.05) is 31.4 Å². The maximum absolute atomic E-state index is 13.2. The Labute approximate surface area is 185 Å². The van der Waals surface area contributed by atoms with E-state index in [1.165, 1.54) is 11.3 Å². The van der Waals surface area contributed by atoms with Crippen LogP contribution in [0.4, 0.5) is 10.6 Å². The zero-order valence-electron chi connectivity index (χ0n) is 19.6. The summed E-state index contributed by atoms with van der Waals surface area (Å²) in [6.07, 6.45) is 4.31. The van der Waals surface area contributed by atoms with Gasteiger partial charge < -0.3 is 19.7 Å². The zero-order valence-corrected chi connectivity index (χ0v) is 19.6. The molecule has 1 aromatic heterocycles. The van der Waals surface area contributed by atoms with Crippen molar-refractivity contribution in [3.8, 4) is 0 Å². The summed E-state index contributed by atoms with van der Waals surface area (Å²) in [5.74, 6) is 0.653. The van der Waals surface area contributed by atoms with E-state index in [0.717, 1.165) is 37.3 Å². The highest BCUT2D eigenvalue weighted by molar-refractivity contribution is 5.87. The minimum absolute atomic E-state index is 0.266. The number of hydrogen-bond donors (Lipinski definition) is 1. The van der Waals surface area contributed by atoms with Crippen molar-refractivity contribution in [2.75, 3.05) is 18.0 Å². The topological polar surface area (TPSA) is 84.0 Å². The van der Waals surface area contributed by atoms with Gasteiger partial charge in [0.15, 0.2) is 0 Å². The zero-order chi connectivity index (χ0) is 22.8. The van der Waals surface area contributed by atoms with Crippen molar-refractivity contribution in [1.82, 2.24) is 15.2 Å². The van der Waals surface area contributed by atoms with Crippen LogP contribution in [0, 0.1) is 0 Å². The van der Waals surface area contributed by atoms with Gasteiger partial charge in [-0.2, -0.15) is 0 Å². The summed E-state index contributed by atoms with van der Waals surface area (Å²) in [5, 5.41) is 3.00. The maximum Gasteiger partial charge on any atom is 0.413 e. The van der Waals surface area contributed by atoms with Gasteiger partial charge in [0.25, 0.3) is 0 Å². The van der Waals surface area contributed by atoms with Gasteiger partial charge in [-0.05, 0) is 66.9 Å². The third kappa shape index (κ3) is 5.47. The molecule has 0 aromatic carbocycles. The Kier molecular flexibility index (Phi) is 6.79. The summed E-state index contributed by atoms with van der Waals surface area (Å²) in [7, 11) is 0. The van der Waals surface area contributed by atoms with Crippen molar-refractivity contribution in [1.29, 1.82) is 0 Å². The molecule has 1 N–H and O–H groups in total. The van der Waals surface area contributed by atoms with Gasteiger partial charge in [0.1, 0.15) is 23.2 Å². The molecular weight excluding hydrogens is 396 g/mol. The van der Waals surface area contributed by atoms with E-state index in [4.69, 9.17) is 9.47 Å². The number of carbonyl (C=O) groups is 2. The highest BCUT2D eigenvalue weighted by Gasteiger charge is 2.52. The predicted octanol–water partition coefficient (Wildman–Crippen LogP) is 3.45. The lowest BCUT2D eigenvalue weighted by molar-refractivity contribution is -0.127. The van der Waals surface area contributed by atoms with E-state index in [1.54, 1.807) is 47.7 Å². The van der Waals surface area contributed by atoms with Crippen molar-refractivity contribution >= 4 is 17.8 Å². The van der Waals surface area contributed by atoms with Crippen LogP contribution in [0.1, 0.15) is 66.4 Å². The van der Waals surface area contributed by atoms with Crippen LogP contribution in [0.5, 0.6) is 0 Å². The summed E-state index contributed by atoms with van der Waals surface area (Å²) >= 11 is 0. The lowest BCUT2D eigenvalue weighted by Crippen LogP contribution is -2.55. The van der Waals surface area contributed by atoms with E-state index in [-0.39, 0.29) is 5.91 Å². The Morgan fingerprint density at radius 3 is 2.58 bits per heavy atom. The molecule has 2 aliphatic heterocycles. The monoisotopic (exact) mass is 432 g/mol. The Morgan fingerprint density at radius 2 is 1.94 bits per heavy atom. The quantitative estimate of drug-likeness (QED) is 0.785. The van der Waals surface area contributed by atoms with Gasteiger partial charge in [-0.25, -0.2) is 9.78 Å². The van der Waals surface area contributed by atoms with E-state index in [0.29, 0.717) is 6.54 Å². The summed E-state index contributed by atoms with van der Waals surface area (Å²) in [6, 6.07) is 3.09. The van der Waals surface area contributed by atoms with Crippen molar-refractivity contribution in [3.05, 3.63) is 23.9 Å². The van der Waals surface area contributed by atoms with Gasteiger partial charge in [0.2, 0.25) is 5.91 Å². The molecule has 2 atom stereocenters. The predicted molar refractivity (Wildman–Crippen MR) is 119 cm³/mol. The lowest BCUT2D eigenvalue weighted by Gasteiger charge is -2.34. The molecule has 3 heterocycles. The summed E-state index contributed by atoms with van der Waals surface area (Å²) in [6.45, 7) is 13.1. The van der Waals surface area contributed by atoms with E-state index < -0.39 is 29.6 Å². The fraction of sp³-hybridized carbons (Fsp3) is 0.696. The van der Waals surface area contributed by atoms with Crippen LogP contribution in [-0.4, -0.2) is 58.4 Å². The third-order valence-corrected chi connectivity index (χ3v) is 5.61. The number of piperidine rings is 1. The molecule has 8 heteroatoms. The number of rotatable bonds is 4. The molecule has 1 aromatic rings. The third-order valence-electron chi connectivity index (χ3n) is 5.61. The van der Waals surface area contributed by atoms with Crippen LogP contribution < -0.4 is 10.2 Å². The number of hydrogen-bond acceptors (Lipinski definition) is 6. The van der Waals surface area contributed by atoms with E-state index in [1.807, 2.05) is 12.1 Å². The van der Waals surface area contributed by atoms with Crippen LogP contribution in [0.25, 0.3) is 0 Å². The summed E-state index contributed by atoms with van der Waals surface area (Å²) < 4.78 is 11.5. The van der Waals surface area contributed by atoms with E-state index >= 15 is 0 Å². The van der Waals surface area contributed by atoms with Gasteiger partial charge in [-0.15, -0.1) is 0 Å². The average molecular weight is 433 g/mol. The summed E-state index contributed by atoms with van der Waals surface area (Å²) in [4.78, 5) is 34.4. The molecule has 3 rings (SSSR count). The maximum atomic E-state index is 13.2. The molecule has 2 fully saturated rings. The minimum atomic E-state index is -0.947. The van der Waals surface area contributed by atoms with Crippen molar-refractivity contribution in [2.24, 2.45) is 0 Å².